The highest BCUT2D eigenvalue weighted by molar-refractivity contribution is 6.30. The Hall–Kier alpha value is -2.34. The molecule has 7 heteroatoms. The molecule has 144 valence electrons. The summed E-state index contributed by atoms with van der Waals surface area (Å²) >= 11 is 5.96. The van der Waals surface area contributed by atoms with Crippen molar-refractivity contribution in [2.24, 2.45) is 5.92 Å². The lowest BCUT2D eigenvalue weighted by Crippen LogP contribution is -2.43. The zero-order chi connectivity index (χ0) is 19.4. The number of ether oxygens (including phenoxy) is 1. The minimum atomic E-state index is -0.251. The van der Waals surface area contributed by atoms with Crippen LogP contribution < -0.4 is 0 Å². The predicted octanol–water partition coefficient (Wildman–Crippen LogP) is 3.50. The van der Waals surface area contributed by atoms with Crippen LogP contribution in [0, 0.1) is 5.92 Å². The molecule has 0 bridgehead atoms. The van der Waals surface area contributed by atoms with E-state index in [9.17, 15) is 9.59 Å². The largest absolute Gasteiger partial charge is 0.466 e. The maximum atomic E-state index is 13.1. The molecule has 1 fully saturated rings. The molecule has 27 heavy (non-hydrogen) atoms. The van der Waals surface area contributed by atoms with Crippen LogP contribution in [-0.2, 0) is 16.0 Å². The third-order valence-electron chi connectivity index (χ3n) is 4.83. The summed E-state index contributed by atoms with van der Waals surface area (Å²) in [6.45, 7) is 5.19. The van der Waals surface area contributed by atoms with Gasteiger partial charge in [0.2, 0.25) is 0 Å². The minimum absolute atomic E-state index is 0.0824. The van der Waals surface area contributed by atoms with E-state index >= 15 is 0 Å². The number of hydrogen-bond donors (Lipinski definition) is 0. The highest BCUT2D eigenvalue weighted by Gasteiger charge is 2.31. The fourth-order valence-electron chi connectivity index (χ4n) is 3.48. The van der Waals surface area contributed by atoms with Crippen LogP contribution in [0.2, 0.25) is 5.02 Å². The van der Waals surface area contributed by atoms with E-state index in [1.807, 2.05) is 19.1 Å². The average molecular weight is 390 g/mol. The number of piperidine rings is 1. The first-order chi connectivity index (χ1) is 13.0. The van der Waals surface area contributed by atoms with E-state index in [1.54, 1.807) is 34.8 Å². The van der Waals surface area contributed by atoms with E-state index in [0.717, 1.165) is 24.2 Å². The number of nitrogens with zero attached hydrogens (tertiary/aromatic N) is 3. The van der Waals surface area contributed by atoms with Gasteiger partial charge in [0, 0.05) is 18.1 Å². The third-order valence-corrected chi connectivity index (χ3v) is 5.09. The molecule has 1 aromatic heterocycles. The molecular formula is C20H24ClN3O3. The topological polar surface area (TPSA) is 64.4 Å². The molecule has 0 radical (unpaired) electrons. The van der Waals surface area contributed by atoms with Crippen LogP contribution in [0.3, 0.4) is 0 Å². The van der Waals surface area contributed by atoms with Crippen LogP contribution in [0.25, 0.3) is 5.69 Å². The Balaban J connectivity index is 1.82. The van der Waals surface area contributed by atoms with Crippen molar-refractivity contribution in [1.82, 2.24) is 14.7 Å². The van der Waals surface area contributed by atoms with Crippen molar-refractivity contribution >= 4 is 23.5 Å². The van der Waals surface area contributed by atoms with E-state index in [-0.39, 0.29) is 17.8 Å². The van der Waals surface area contributed by atoms with E-state index in [2.05, 4.69) is 5.10 Å². The third kappa shape index (κ3) is 4.16. The quantitative estimate of drug-likeness (QED) is 0.734. The van der Waals surface area contributed by atoms with Gasteiger partial charge in [-0.3, -0.25) is 9.59 Å². The van der Waals surface area contributed by atoms with Gasteiger partial charge in [0.25, 0.3) is 5.91 Å². The van der Waals surface area contributed by atoms with E-state index < -0.39 is 0 Å². The first kappa shape index (κ1) is 19.4. The zero-order valence-corrected chi connectivity index (χ0v) is 16.4. The van der Waals surface area contributed by atoms with Gasteiger partial charge in [0.05, 0.1) is 35.7 Å². The predicted molar refractivity (Wildman–Crippen MR) is 103 cm³/mol. The number of rotatable bonds is 5. The van der Waals surface area contributed by atoms with Crippen molar-refractivity contribution in [3.63, 3.8) is 0 Å². The molecule has 0 saturated carbocycles. The number of esters is 1. The van der Waals surface area contributed by atoms with Crippen molar-refractivity contribution in [2.75, 3.05) is 19.7 Å². The van der Waals surface area contributed by atoms with Gasteiger partial charge >= 0.3 is 5.97 Å². The Morgan fingerprint density at radius 1 is 1.26 bits per heavy atom. The van der Waals surface area contributed by atoms with Crippen LogP contribution in [0.5, 0.6) is 0 Å². The average Bonchev–Trinajstić information content (AvgIpc) is 3.12. The number of carbonyl (C=O) groups excluding carboxylic acids is 2. The van der Waals surface area contributed by atoms with Gasteiger partial charge in [0.1, 0.15) is 0 Å². The monoisotopic (exact) mass is 389 g/mol. The summed E-state index contributed by atoms with van der Waals surface area (Å²) in [7, 11) is 0. The number of aromatic nitrogens is 2. The van der Waals surface area contributed by atoms with Crippen molar-refractivity contribution in [3.05, 3.63) is 46.7 Å². The normalized spacial score (nSPS) is 17.0. The summed E-state index contributed by atoms with van der Waals surface area (Å²) in [5, 5.41) is 5.07. The van der Waals surface area contributed by atoms with Gasteiger partial charge in [-0.2, -0.15) is 5.10 Å². The molecule has 2 heterocycles. The van der Waals surface area contributed by atoms with Crippen molar-refractivity contribution < 1.29 is 14.3 Å². The molecular weight excluding hydrogens is 366 g/mol. The maximum Gasteiger partial charge on any atom is 0.310 e. The smallest absolute Gasteiger partial charge is 0.310 e. The summed E-state index contributed by atoms with van der Waals surface area (Å²) in [5.74, 6) is -0.553. The van der Waals surface area contributed by atoms with E-state index in [1.165, 1.54) is 0 Å². The van der Waals surface area contributed by atoms with Crippen molar-refractivity contribution in [2.45, 2.75) is 33.1 Å². The lowest BCUT2D eigenvalue weighted by atomic mass is 9.97. The lowest BCUT2D eigenvalue weighted by molar-refractivity contribution is -0.149. The number of amides is 1. The Bertz CT molecular complexity index is 816. The van der Waals surface area contributed by atoms with Crippen LogP contribution in [0.1, 0.15) is 42.7 Å². The van der Waals surface area contributed by atoms with Gasteiger partial charge in [-0.25, -0.2) is 4.68 Å². The van der Waals surface area contributed by atoms with Crippen molar-refractivity contribution in [1.29, 1.82) is 0 Å². The standard InChI is InChI=1S/C20H24ClN3O3/c1-3-18-17(12-22-24(18)16-9-7-15(21)8-10-16)19(25)23-11-5-6-14(13-23)20(26)27-4-2/h7-10,12,14H,3-6,11,13H2,1-2H3. The molecule has 1 aromatic carbocycles. The van der Waals surface area contributed by atoms with Gasteiger partial charge in [-0.1, -0.05) is 18.5 Å². The highest BCUT2D eigenvalue weighted by atomic mass is 35.5. The fourth-order valence-corrected chi connectivity index (χ4v) is 3.61. The fraction of sp³-hybridized carbons (Fsp3) is 0.450. The molecule has 0 N–H and O–H groups in total. The molecule has 1 saturated heterocycles. The van der Waals surface area contributed by atoms with Gasteiger partial charge in [0.15, 0.2) is 0 Å². The Kier molecular flexibility index (Phi) is 6.16. The van der Waals surface area contributed by atoms with Crippen LogP contribution in [0.4, 0.5) is 0 Å². The molecule has 1 aliphatic rings. The summed E-state index contributed by atoms with van der Waals surface area (Å²) in [4.78, 5) is 26.9. The number of carbonyl (C=O) groups is 2. The number of likely N-dealkylation sites (tertiary alicyclic amines) is 1. The van der Waals surface area contributed by atoms with Gasteiger partial charge in [-0.05, 0) is 50.5 Å². The van der Waals surface area contributed by atoms with Crippen LogP contribution in [0.15, 0.2) is 30.5 Å². The van der Waals surface area contributed by atoms with Gasteiger partial charge in [-0.15, -0.1) is 0 Å². The molecule has 1 unspecified atom stereocenters. The van der Waals surface area contributed by atoms with E-state index in [4.69, 9.17) is 16.3 Å². The molecule has 2 aromatic rings. The zero-order valence-electron chi connectivity index (χ0n) is 15.7. The highest BCUT2D eigenvalue weighted by Crippen LogP contribution is 2.23. The number of benzene rings is 1. The Morgan fingerprint density at radius 3 is 2.67 bits per heavy atom. The summed E-state index contributed by atoms with van der Waals surface area (Å²) in [6.07, 6.45) is 3.83. The number of halogens is 1. The van der Waals surface area contributed by atoms with Crippen molar-refractivity contribution in [3.8, 4) is 5.69 Å². The first-order valence-electron chi connectivity index (χ1n) is 9.33. The second-order valence-corrected chi connectivity index (χ2v) is 7.03. The molecule has 6 nitrogen and oxygen atoms in total. The summed E-state index contributed by atoms with van der Waals surface area (Å²) in [6, 6.07) is 7.35. The summed E-state index contributed by atoms with van der Waals surface area (Å²) < 4.78 is 6.90. The van der Waals surface area contributed by atoms with Gasteiger partial charge < -0.3 is 9.64 Å². The lowest BCUT2D eigenvalue weighted by Gasteiger charge is -2.31. The minimum Gasteiger partial charge on any atom is -0.466 e. The molecule has 1 atom stereocenters. The van der Waals surface area contributed by atoms with Crippen LogP contribution in [-0.4, -0.2) is 46.3 Å². The SMILES string of the molecule is CCOC(=O)C1CCCN(C(=O)c2cnn(-c3ccc(Cl)cc3)c2CC)C1. The molecule has 1 amide bonds. The van der Waals surface area contributed by atoms with Crippen LogP contribution >= 0.6 is 11.6 Å². The molecule has 3 rings (SSSR count). The first-order valence-corrected chi connectivity index (χ1v) is 9.71. The summed E-state index contributed by atoms with van der Waals surface area (Å²) in [5.41, 5.74) is 2.29. The van der Waals surface area contributed by atoms with E-state index in [0.29, 0.717) is 36.7 Å². The number of hydrogen-bond acceptors (Lipinski definition) is 4. The second kappa shape index (κ2) is 8.57. The Labute approximate surface area is 164 Å². The Morgan fingerprint density at radius 2 is 2.00 bits per heavy atom. The maximum absolute atomic E-state index is 13.1. The molecule has 0 aliphatic carbocycles. The second-order valence-electron chi connectivity index (χ2n) is 6.59. The molecule has 0 spiro atoms. The molecule has 1 aliphatic heterocycles.